The Morgan fingerprint density at radius 3 is 2.21 bits per heavy atom. The second-order valence-corrected chi connectivity index (χ2v) is 9.47. The summed E-state index contributed by atoms with van der Waals surface area (Å²) < 4.78 is 18.2. The van der Waals surface area contributed by atoms with Crippen LogP contribution in [0.5, 0.6) is 0 Å². The normalized spacial score (nSPS) is 29.3. The van der Waals surface area contributed by atoms with Crippen LogP contribution in [0.3, 0.4) is 0 Å². The van der Waals surface area contributed by atoms with Crippen LogP contribution in [-0.4, -0.2) is 18.9 Å². The maximum absolute atomic E-state index is 6.11. The summed E-state index contributed by atoms with van der Waals surface area (Å²) in [6.45, 7) is 7.71. The number of rotatable bonds is 2. The fraction of sp³-hybridized carbons (Fsp3) is 0.467. The van der Waals surface area contributed by atoms with E-state index in [4.69, 9.17) is 13.6 Å². The summed E-state index contributed by atoms with van der Waals surface area (Å²) >= 11 is 0. The van der Waals surface area contributed by atoms with E-state index in [2.05, 4.69) is 45.0 Å². The van der Waals surface area contributed by atoms with Crippen LogP contribution in [0.15, 0.2) is 36.6 Å². The van der Waals surface area contributed by atoms with Crippen molar-refractivity contribution in [3.63, 3.8) is 0 Å². The van der Waals surface area contributed by atoms with Crippen molar-refractivity contribution in [2.75, 3.05) is 13.2 Å². The summed E-state index contributed by atoms with van der Waals surface area (Å²) in [5.41, 5.74) is 1.47. The molecule has 2 aliphatic heterocycles. The van der Waals surface area contributed by atoms with Crippen LogP contribution < -0.4 is 5.30 Å². The standard InChI is InChI=1S/C15H21O3P/c1-12(2)14-4-6-15(7-5-14)19(17-10-11-18-19)13(3)8-9-16-19/h4-9,12-13H,10-11H2,1-3H3. The maximum atomic E-state index is 6.11. The molecule has 0 saturated carbocycles. The van der Waals surface area contributed by atoms with Gasteiger partial charge < -0.3 is 0 Å². The molecule has 19 heavy (non-hydrogen) atoms. The molecule has 0 N–H and O–H groups in total. The summed E-state index contributed by atoms with van der Waals surface area (Å²) in [4.78, 5) is 0. The van der Waals surface area contributed by atoms with E-state index in [1.807, 2.05) is 6.08 Å². The van der Waals surface area contributed by atoms with E-state index in [1.54, 1.807) is 6.26 Å². The van der Waals surface area contributed by atoms with E-state index in [9.17, 15) is 0 Å². The van der Waals surface area contributed by atoms with Crippen molar-refractivity contribution >= 4 is 12.6 Å². The van der Waals surface area contributed by atoms with Gasteiger partial charge in [-0.25, -0.2) is 0 Å². The van der Waals surface area contributed by atoms with E-state index in [0.29, 0.717) is 19.1 Å². The van der Waals surface area contributed by atoms with Crippen molar-refractivity contribution in [1.29, 1.82) is 0 Å². The molecule has 104 valence electrons. The average Bonchev–Trinajstić information content (AvgIpc) is 2.99. The predicted molar refractivity (Wildman–Crippen MR) is 78.7 cm³/mol. The van der Waals surface area contributed by atoms with E-state index < -0.39 is 7.28 Å². The van der Waals surface area contributed by atoms with Gasteiger partial charge in [0.05, 0.1) is 0 Å². The zero-order valence-corrected chi connectivity index (χ0v) is 12.6. The Labute approximate surface area is 114 Å². The van der Waals surface area contributed by atoms with Crippen LogP contribution in [0.4, 0.5) is 0 Å². The van der Waals surface area contributed by atoms with Crippen molar-refractivity contribution < 1.29 is 13.6 Å². The molecular weight excluding hydrogens is 259 g/mol. The molecule has 2 aliphatic rings. The molecule has 0 aromatic heterocycles. The minimum absolute atomic E-state index is 0.151. The zero-order chi connectivity index (χ0) is 13.5. The number of hydrogen-bond acceptors (Lipinski definition) is 3. The topological polar surface area (TPSA) is 27.7 Å². The summed E-state index contributed by atoms with van der Waals surface area (Å²) in [6, 6.07) is 8.53. The van der Waals surface area contributed by atoms with Crippen LogP contribution >= 0.6 is 7.28 Å². The monoisotopic (exact) mass is 280 g/mol. The van der Waals surface area contributed by atoms with Crippen molar-refractivity contribution in [2.45, 2.75) is 32.3 Å². The van der Waals surface area contributed by atoms with Crippen LogP contribution in [0.2, 0.25) is 0 Å². The van der Waals surface area contributed by atoms with Gasteiger partial charge in [0, 0.05) is 0 Å². The third kappa shape index (κ3) is 1.69. The van der Waals surface area contributed by atoms with Gasteiger partial charge in [0.25, 0.3) is 0 Å². The molecule has 1 aromatic rings. The van der Waals surface area contributed by atoms with Crippen molar-refractivity contribution in [3.05, 3.63) is 42.2 Å². The van der Waals surface area contributed by atoms with Gasteiger partial charge in [-0.3, -0.25) is 0 Å². The SMILES string of the molecule is CC(C)c1ccc(P23(OC=CC2C)OCCO3)cc1. The van der Waals surface area contributed by atoms with E-state index in [-0.39, 0.29) is 5.66 Å². The molecule has 1 aromatic carbocycles. The average molecular weight is 280 g/mol. The van der Waals surface area contributed by atoms with Gasteiger partial charge in [-0.05, 0) is 0 Å². The summed E-state index contributed by atoms with van der Waals surface area (Å²) in [5.74, 6) is 0.522. The quantitative estimate of drug-likeness (QED) is 0.773. The molecule has 2 heterocycles. The summed E-state index contributed by atoms with van der Waals surface area (Å²) in [5, 5.41) is 1.06. The van der Waals surface area contributed by atoms with Crippen LogP contribution in [-0.2, 0) is 13.6 Å². The first-order chi connectivity index (χ1) is 9.07. The third-order valence-corrected chi connectivity index (χ3v) is 8.77. The van der Waals surface area contributed by atoms with Crippen molar-refractivity contribution in [1.82, 2.24) is 0 Å². The molecule has 4 heteroatoms. The second kappa shape index (κ2) is 4.31. The number of benzene rings is 1. The third-order valence-electron chi connectivity index (χ3n) is 4.10. The molecule has 1 unspecified atom stereocenters. The van der Waals surface area contributed by atoms with Crippen LogP contribution in [0, 0.1) is 0 Å². The fourth-order valence-electron chi connectivity index (χ4n) is 2.84. The summed E-state index contributed by atoms with van der Waals surface area (Å²) in [6.07, 6.45) is 3.78. The van der Waals surface area contributed by atoms with Gasteiger partial charge in [0.2, 0.25) is 0 Å². The first-order valence-corrected chi connectivity index (χ1v) is 8.91. The van der Waals surface area contributed by atoms with Crippen molar-refractivity contribution in [2.24, 2.45) is 0 Å². The second-order valence-electron chi connectivity index (χ2n) is 5.53. The Bertz CT molecular complexity index is 501. The Morgan fingerprint density at radius 2 is 1.74 bits per heavy atom. The molecule has 0 amide bonds. The first kappa shape index (κ1) is 13.1. The van der Waals surface area contributed by atoms with Crippen LogP contribution in [0.1, 0.15) is 32.3 Å². The minimum atomic E-state index is -3.15. The molecule has 0 bridgehead atoms. The molecule has 0 radical (unpaired) electrons. The fourth-order valence-corrected chi connectivity index (χ4v) is 6.78. The van der Waals surface area contributed by atoms with E-state index >= 15 is 0 Å². The Morgan fingerprint density at radius 1 is 1.11 bits per heavy atom. The molecule has 1 atom stereocenters. The molecule has 3 rings (SSSR count). The Hall–Kier alpha value is -0.890. The zero-order valence-electron chi connectivity index (χ0n) is 11.7. The molecule has 1 fully saturated rings. The molecular formula is C15H21O3P. The molecule has 0 aliphatic carbocycles. The Balaban J connectivity index is 2.07. The van der Waals surface area contributed by atoms with Gasteiger partial charge >= 0.3 is 114 Å². The number of hydrogen-bond donors (Lipinski definition) is 0. The van der Waals surface area contributed by atoms with E-state index in [0.717, 1.165) is 5.30 Å². The van der Waals surface area contributed by atoms with Gasteiger partial charge in [0.15, 0.2) is 0 Å². The Kier molecular flexibility index (Phi) is 2.97. The van der Waals surface area contributed by atoms with Gasteiger partial charge in [-0.15, -0.1) is 0 Å². The first-order valence-electron chi connectivity index (χ1n) is 6.85. The number of allylic oxidation sites excluding steroid dienone is 1. The molecule has 1 saturated heterocycles. The van der Waals surface area contributed by atoms with Gasteiger partial charge in [-0.2, -0.15) is 0 Å². The molecule has 3 nitrogen and oxygen atoms in total. The predicted octanol–water partition coefficient (Wildman–Crippen LogP) is 3.71. The van der Waals surface area contributed by atoms with Gasteiger partial charge in [-0.1, -0.05) is 0 Å². The van der Waals surface area contributed by atoms with Crippen molar-refractivity contribution in [3.8, 4) is 0 Å². The van der Waals surface area contributed by atoms with Crippen LogP contribution in [0.25, 0.3) is 0 Å². The molecule has 1 spiro atoms. The van der Waals surface area contributed by atoms with E-state index in [1.165, 1.54) is 5.56 Å². The van der Waals surface area contributed by atoms with Gasteiger partial charge in [0.1, 0.15) is 0 Å². The summed E-state index contributed by atoms with van der Waals surface area (Å²) in [7, 11) is -3.15.